The first kappa shape index (κ1) is 20.0. The SMILES string of the molecule is C=C[Si](OCC)(OCC)OCC.O.[MgH2]. The Morgan fingerprint density at radius 2 is 1.29 bits per heavy atom. The summed E-state index contributed by atoms with van der Waals surface area (Å²) in [5.41, 5.74) is 1.67. The molecule has 6 heteroatoms. The number of hydrogen-bond donors (Lipinski definition) is 0. The van der Waals surface area contributed by atoms with Crippen molar-refractivity contribution in [3.63, 3.8) is 0 Å². The molecule has 0 bridgehead atoms. The van der Waals surface area contributed by atoms with Crippen molar-refractivity contribution in [2.45, 2.75) is 20.8 Å². The summed E-state index contributed by atoms with van der Waals surface area (Å²) in [6.45, 7) is 11.2. The molecule has 0 fully saturated rings. The van der Waals surface area contributed by atoms with E-state index in [2.05, 4.69) is 6.58 Å². The van der Waals surface area contributed by atoms with Crippen LogP contribution in [0.2, 0.25) is 0 Å². The fraction of sp³-hybridized carbons (Fsp3) is 0.750. The quantitative estimate of drug-likeness (QED) is 0.584. The average Bonchev–Trinajstić information content (AvgIpc) is 2.06. The third-order valence-corrected chi connectivity index (χ3v) is 3.86. The second-order valence-electron chi connectivity index (χ2n) is 2.11. The smallest absolute Gasteiger partial charge is 0.412 e. The summed E-state index contributed by atoms with van der Waals surface area (Å²) >= 11 is 0. The highest BCUT2D eigenvalue weighted by Crippen LogP contribution is 2.10. The summed E-state index contributed by atoms with van der Waals surface area (Å²) in [7, 11) is -2.51. The molecule has 0 atom stereocenters. The minimum Gasteiger partial charge on any atom is -0.412 e. The van der Waals surface area contributed by atoms with Crippen LogP contribution < -0.4 is 0 Å². The molecule has 4 nitrogen and oxygen atoms in total. The molecule has 0 unspecified atom stereocenters. The Labute approximate surface area is 103 Å². The maximum Gasteiger partial charge on any atom is 0.528 e. The molecule has 0 aromatic heterocycles. The Hall–Kier alpha value is 0.563. The lowest BCUT2D eigenvalue weighted by molar-refractivity contribution is 0.0844. The Bertz CT molecular complexity index is 117. The lowest BCUT2D eigenvalue weighted by atomic mass is 10.9. The summed E-state index contributed by atoms with van der Waals surface area (Å²) in [5.74, 6) is 0. The van der Waals surface area contributed by atoms with Gasteiger partial charge in [-0.2, -0.15) is 0 Å². The van der Waals surface area contributed by atoms with Crippen LogP contribution in [0.25, 0.3) is 0 Å². The normalized spacial score (nSPS) is 9.93. The highest BCUT2D eigenvalue weighted by atomic mass is 28.4. The Morgan fingerprint density at radius 3 is 1.43 bits per heavy atom. The molecule has 0 amide bonds. The van der Waals surface area contributed by atoms with Crippen molar-refractivity contribution in [3.05, 3.63) is 12.3 Å². The standard InChI is InChI=1S/C8H18O3Si.Mg.H2O.2H/c1-5-9-12(8-4,10-6-2)11-7-3;;;;/h8H,4-7H2,1-3H3;;1H2;;. The number of rotatable bonds is 7. The van der Waals surface area contributed by atoms with Crippen molar-refractivity contribution in [1.29, 1.82) is 0 Å². The lowest BCUT2D eigenvalue weighted by Gasteiger charge is -2.24. The molecule has 0 spiro atoms. The van der Waals surface area contributed by atoms with Gasteiger partial charge in [-0.05, 0) is 26.5 Å². The van der Waals surface area contributed by atoms with E-state index in [1.54, 1.807) is 5.70 Å². The molecule has 0 aliphatic heterocycles. The maximum absolute atomic E-state index is 5.44. The molecule has 0 radical (unpaired) electrons. The van der Waals surface area contributed by atoms with Gasteiger partial charge in [0.05, 0.1) is 0 Å². The van der Waals surface area contributed by atoms with Crippen molar-refractivity contribution in [2.24, 2.45) is 0 Å². The first-order valence-corrected chi connectivity index (χ1v) is 6.10. The van der Waals surface area contributed by atoms with Crippen LogP contribution in [-0.4, -0.2) is 57.2 Å². The topological polar surface area (TPSA) is 59.2 Å². The predicted octanol–water partition coefficient (Wildman–Crippen LogP) is 0.0191. The molecule has 0 aromatic carbocycles. The molecular weight excluding hydrogens is 212 g/mol. The van der Waals surface area contributed by atoms with Crippen LogP contribution >= 0.6 is 0 Å². The monoisotopic (exact) mass is 234 g/mol. The van der Waals surface area contributed by atoms with Gasteiger partial charge in [0.2, 0.25) is 0 Å². The third-order valence-electron chi connectivity index (χ3n) is 1.29. The van der Waals surface area contributed by atoms with Crippen LogP contribution in [0, 0.1) is 0 Å². The fourth-order valence-electron chi connectivity index (χ4n) is 0.905. The number of hydrogen-bond acceptors (Lipinski definition) is 3. The molecule has 14 heavy (non-hydrogen) atoms. The first-order chi connectivity index (χ1) is 5.74. The average molecular weight is 235 g/mol. The van der Waals surface area contributed by atoms with Gasteiger partial charge in [0, 0.05) is 19.8 Å². The van der Waals surface area contributed by atoms with E-state index >= 15 is 0 Å². The molecule has 0 heterocycles. The second-order valence-corrected chi connectivity index (χ2v) is 4.59. The van der Waals surface area contributed by atoms with E-state index in [1.165, 1.54) is 0 Å². The first-order valence-electron chi connectivity index (χ1n) is 4.30. The van der Waals surface area contributed by atoms with E-state index in [-0.39, 0.29) is 28.5 Å². The van der Waals surface area contributed by atoms with Gasteiger partial charge in [0.25, 0.3) is 0 Å². The maximum atomic E-state index is 5.44. The molecule has 0 saturated heterocycles. The van der Waals surface area contributed by atoms with Gasteiger partial charge in [-0.15, -0.1) is 0 Å². The van der Waals surface area contributed by atoms with Gasteiger partial charge in [0.15, 0.2) is 0 Å². The van der Waals surface area contributed by atoms with Crippen molar-refractivity contribution < 1.29 is 18.8 Å². The van der Waals surface area contributed by atoms with E-state index < -0.39 is 8.80 Å². The van der Waals surface area contributed by atoms with Crippen LogP contribution in [0.15, 0.2) is 12.3 Å². The lowest BCUT2D eigenvalue weighted by Crippen LogP contribution is -2.44. The zero-order valence-corrected chi connectivity index (χ0v) is 9.63. The molecule has 0 aromatic rings. The van der Waals surface area contributed by atoms with Crippen molar-refractivity contribution in [2.75, 3.05) is 19.8 Å². The van der Waals surface area contributed by atoms with Crippen LogP contribution in [-0.2, 0) is 13.3 Å². The van der Waals surface area contributed by atoms with E-state index in [0.29, 0.717) is 19.8 Å². The predicted molar refractivity (Wildman–Crippen MR) is 63.0 cm³/mol. The molecule has 2 N–H and O–H groups in total. The van der Waals surface area contributed by atoms with Crippen LogP contribution in [0.1, 0.15) is 20.8 Å². The highest BCUT2D eigenvalue weighted by Gasteiger charge is 2.36. The van der Waals surface area contributed by atoms with Gasteiger partial charge >= 0.3 is 31.9 Å². The van der Waals surface area contributed by atoms with Crippen LogP contribution in [0.5, 0.6) is 0 Å². The molecule has 0 saturated carbocycles. The fourth-order valence-corrected chi connectivity index (χ4v) is 2.72. The molecule has 84 valence electrons. The van der Waals surface area contributed by atoms with E-state index in [1.807, 2.05) is 20.8 Å². The van der Waals surface area contributed by atoms with Crippen molar-refractivity contribution in [3.8, 4) is 0 Å². The van der Waals surface area contributed by atoms with Gasteiger partial charge in [-0.1, -0.05) is 6.58 Å². The summed E-state index contributed by atoms with van der Waals surface area (Å²) in [4.78, 5) is 0. The molecule has 0 aliphatic carbocycles. The second kappa shape index (κ2) is 11.6. The summed E-state index contributed by atoms with van der Waals surface area (Å²) in [6.07, 6.45) is 0. The Balaban J connectivity index is -0.000000605. The van der Waals surface area contributed by atoms with Crippen LogP contribution in [0.4, 0.5) is 0 Å². The van der Waals surface area contributed by atoms with Crippen LogP contribution in [0.3, 0.4) is 0 Å². The van der Waals surface area contributed by atoms with E-state index in [9.17, 15) is 0 Å². The minimum absolute atomic E-state index is 0. The van der Waals surface area contributed by atoms with Gasteiger partial charge in [-0.3, -0.25) is 0 Å². The summed E-state index contributed by atoms with van der Waals surface area (Å²) in [5, 5.41) is 0. The van der Waals surface area contributed by atoms with E-state index in [0.717, 1.165) is 0 Å². The Kier molecular flexibility index (Phi) is 16.7. The van der Waals surface area contributed by atoms with Gasteiger partial charge in [-0.25, -0.2) is 0 Å². The van der Waals surface area contributed by atoms with Gasteiger partial charge < -0.3 is 18.8 Å². The zero-order valence-electron chi connectivity index (χ0n) is 8.63. The van der Waals surface area contributed by atoms with Gasteiger partial charge in [0.1, 0.15) is 0 Å². The van der Waals surface area contributed by atoms with E-state index in [4.69, 9.17) is 13.3 Å². The third kappa shape index (κ3) is 6.94. The molecule has 0 aliphatic rings. The zero-order chi connectivity index (χ0) is 9.45. The largest absolute Gasteiger partial charge is 0.528 e. The Morgan fingerprint density at radius 1 is 1.00 bits per heavy atom. The highest BCUT2D eigenvalue weighted by molar-refractivity contribution is 6.66. The summed E-state index contributed by atoms with van der Waals surface area (Å²) in [6, 6.07) is 0. The van der Waals surface area contributed by atoms with Crippen molar-refractivity contribution in [1.82, 2.24) is 0 Å². The summed E-state index contributed by atoms with van der Waals surface area (Å²) < 4.78 is 16.3. The molecule has 0 rings (SSSR count). The molecular formula is C8H22MgO4Si. The minimum atomic E-state index is -2.51. The van der Waals surface area contributed by atoms with Crippen molar-refractivity contribution >= 4 is 31.9 Å².